The van der Waals surface area contributed by atoms with E-state index in [1.54, 1.807) is 12.4 Å². The predicted molar refractivity (Wildman–Crippen MR) is 102 cm³/mol. The van der Waals surface area contributed by atoms with Crippen molar-refractivity contribution in [1.29, 1.82) is 0 Å². The van der Waals surface area contributed by atoms with E-state index >= 15 is 0 Å². The van der Waals surface area contributed by atoms with Crippen LogP contribution in [0.1, 0.15) is 24.0 Å². The summed E-state index contributed by atoms with van der Waals surface area (Å²) in [6, 6.07) is 15.9. The van der Waals surface area contributed by atoms with E-state index in [-0.39, 0.29) is 5.97 Å². The van der Waals surface area contributed by atoms with Gasteiger partial charge in [0.2, 0.25) is 0 Å². The Hall–Kier alpha value is -3.27. The van der Waals surface area contributed by atoms with E-state index < -0.39 is 5.92 Å². The maximum Gasteiger partial charge on any atom is 0.317 e. The summed E-state index contributed by atoms with van der Waals surface area (Å²) in [5.41, 5.74) is 1.83. The van der Waals surface area contributed by atoms with Crippen molar-refractivity contribution in [1.82, 2.24) is 9.97 Å². The first-order valence-corrected chi connectivity index (χ1v) is 8.60. The summed E-state index contributed by atoms with van der Waals surface area (Å²) in [7, 11) is 0. The van der Waals surface area contributed by atoms with Gasteiger partial charge >= 0.3 is 5.97 Å². The molecule has 0 bridgehead atoms. The molecule has 0 saturated carbocycles. The second-order valence-corrected chi connectivity index (χ2v) is 6.15. The second kappa shape index (κ2) is 6.92. The number of fused-ring (bicyclic) bond motifs is 2. The van der Waals surface area contributed by atoms with Crippen LogP contribution in [0.15, 0.2) is 73.3 Å². The number of carbonyl (C=O) groups is 1. The molecule has 0 aliphatic rings. The average molecular weight is 342 g/mol. The molecule has 0 atom stereocenters. The Balaban J connectivity index is 1.85. The molecule has 0 N–H and O–H groups in total. The second-order valence-electron chi connectivity index (χ2n) is 6.15. The molecule has 2 heterocycles. The highest BCUT2D eigenvalue weighted by molar-refractivity contribution is 5.89. The molecule has 0 spiro atoms. The molecule has 0 radical (unpaired) electrons. The lowest BCUT2D eigenvalue weighted by molar-refractivity contribution is -0.143. The molecule has 2 aromatic carbocycles. The van der Waals surface area contributed by atoms with Crippen LogP contribution in [-0.4, -0.2) is 22.5 Å². The van der Waals surface area contributed by atoms with E-state index in [2.05, 4.69) is 9.97 Å². The minimum atomic E-state index is -0.468. The third kappa shape index (κ3) is 3.02. The van der Waals surface area contributed by atoms with Crippen LogP contribution < -0.4 is 0 Å². The molecule has 0 amide bonds. The molecule has 4 nitrogen and oxygen atoms in total. The fourth-order valence-corrected chi connectivity index (χ4v) is 3.25. The number of ether oxygens (including phenoxy) is 1. The van der Waals surface area contributed by atoms with Crippen LogP contribution in [0.4, 0.5) is 0 Å². The standard InChI is InChI=1S/C22H18N2O2/c1-2-26-22(25)21(17-3-5-19-13-23-9-7-15(19)11-17)18-4-6-20-14-24-10-8-16(20)12-18/h3-14,21H,2H2,1H3. The highest BCUT2D eigenvalue weighted by Gasteiger charge is 2.24. The Bertz CT molecular complexity index is 1010. The largest absolute Gasteiger partial charge is 0.465 e. The zero-order valence-electron chi connectivity index (χ0n) is 14.4. The quantitative estimate of drug-likeness (QED) is 0.513. The van der Waals surface area contributed by atoms with E-state index in [0.29, 0.717) is 6.61 Å². The van der Waals surface area contributed by atoms with Gasteiger partial charge in [-0.15, -0.1) is 0 Å². The molecule has 0 saturated heterocycles. The average Bonchev–Trinajstić information content (AvgIpc) is 2.68. The van der Waals surface area contributed by atoms with Crippen molar-refractivity contribution < 1.29 is 9.53 Å². The van der Waals surface area contributed by atoms with Crippen LogP contribution >= 0.6 is 0 Å². The molecule has 0 aliphatic heterocycles. The maximum absolute atomic E-state index is 12.8. The zero-order valence-corrected chi connectivity index (χ0v) is 14.4. The number of carbonyl (C=O) groups excluding carboxylic acids is 1. The number of nitrogens with zero attached hydrogens (tertiary/aromatic N) is 2. The summed E-state index contributed by atoms with van der Waals surface area (Å²) in [5.74, 6) is -0.709. The summed E-state index contributed by atoms with van der Waals surface area (Å²) < 4.78 is 5.37. The Kier molecular flexibility index (Phi) is 4.32. The highest BCUT2D eigenvalue weighted by atomic mass is 16.5. The van der Waals surface area contributed by atoms with E-state index in [1.165, 1.54) is 0 Å². The van der Waals surface area contributed by atoms with Crippen LogP contribution in [0.3, 0.4) is 0 Å². The molecule has 4 heteroatoms. The lowest BCUT2D eigenvalue weighted by Crippen LogP contribution is -2.17. The topological polar surface area (TPSA) is 52.1 Å². The molecule has 0 aliphatic carbocycles. The molecule has 4 rings (SSSR count). The van der Waals surface area contributed by atoms with Gasteiger partial charge in [-0.1, -0.05) is 24.3 Å². The maximum atomic E-state index is 12.8. The third-order valence-electron chi connectivity index (χ3n) is 4.52. The monoisotopic (exact) mass is 342 g/mol. The van der Waals surface area contributed by atoms with Gasteiger partial charge in [0.05, 0.1) is 6.61 Å². The Morgan fingerprint density at radius 3 is 1.88 bits per heavy atom. The smallest absolute Gasteiger partial charge is 0.317 e. The van der Waals surface area contributed by atoms with Gasteiger partial charge in [-0.3, -0.25) is 14.8 Å². The van der Waals surface area contributed by atoms with Crippen LogP contribution in [0.25, 0.3) is 21.5 Å². The van der Waals surface area contributed by atoms with E-state index in [1.807, 2.05) is 67.8 Å². The highest BCUT2D eigenvalue weighted by Crippen LogP contribution is 2.30. The van der Waals surface area contributed by atoms with Gasteiger partial charge in [-0.25, -0.2) is 0 Å². The fourth-order valence-electron chi connectivity index (χ4n) is 3.25. The molecule has 128 valence electrons. The molecule has 0 fully saturated rings. The summed E-state index contributed by atoms with van der Waals surface area (Å²) in [6.07, 6.45) is 7.16. The first-order valence-electron chi connectivity index (χ1n) is 8.60. The predicted octanol–water partition coefficient (Wildman–Crippen LogP) is 4.48. The van der Waals surface area contributed by atoms with Crippen molar-refractivity contribution >= 4 is 27.5 Å². The van der Waals surface area contributed by atoms with Crippen LogP contribution in [-0.2, 0) is 9.53 Å². The number of aromatic nitrogens is 2. The first kappa shape index (κ1) is 16.2. The summed E-state index contributed by atoms with van der Waals surface area (Å²) in [5, 5.41) is 4.19. The fraction of sp³-hybridized carbons (Fsp3) is 0.136. The van der Waals surface area contributed by atoms with Gasteiger partial charge in [0, 0.05) is 35.6 Å². The summed E-state index contributed by atoms with van der Waals surface area (Å²) in [6.45, 7) is 2.18. The number of benzene rings is 2. The number of pyridine rings is 2. The van der Waals surface area contributed by atoms with Crippen molar-refractivity contribution in [2.45, 2.75) is 12.8 Å². The van der Waals surface area contributed by atoms with Crippen molar-refractivity contribution in [3.63, 3.8) is 0 Å². The molecule has 26 heavy (non-hydrogen) atoms. The van der Waals surface area contributed by atoms with Crippen molar-refractivity contribution in [3.8, 4) is 0 Å². The Morgan fingerprint density at radius 2 is 1.38 bits per heavy atom. The third-order valence-corrected chi connectivity index (χ3v) is 4.52. The molecule has 4 aromatic rings. The number of rotatable bonds is 4. The molecule has 0 unspecified atom stereocenters. The van der Waals surface area contributed by atoms with Crippen LogP contribution in [0.5, 0.6) is 0 Å². The minimum Gasteiger partial charge on any atom is -0.465 e. The number of esters is 1. The summed E-state index contributed by atoms with van der Waals surface area (Å²) in [4.78, 5) is 21.1. The Morgan fingerprint density at radius 1 is 0.846 bits per heavy atom. The molecular weight excluding hydrogens is 324 g/mol. The van der Waals surface area contributed by atoms with Gasteiger partial charge in [-0.05, 0) is 53.1 Å². The van der Waals surface area contributed by atoms with Crippen molar-refractivity contribution in [2.24, 2.45) is 0 Å². The SMILES string of the molecule is CCOC(=O)C(c1ccc2cnccc2c1)c1ccc2cnccc2c1. The lowest BCUT2D eigenvalue weighted by Gasteiger charge is -2.18. The van der Waals surface area contributed by atoms with Gasteiger partial charge in [0.1, 0.15) is 5.92 Å². The first-order chi connectivity index (χ1) is 12.8. The number of hydrogen-bond acceptors (Lipinski definition) is 4. The minimum absolute atomic E-state index is 0.241. The van der Waals surface area contributed by atoms with Gasteiger partial charge in [0.25, 0.3) is 0 Å². The normalized spacial score (nSPS) is 11.2. The van der Waals surface area contributed by atoms with Gasteiger partial charge in [0.15, 0.2) is 0 Å². The molecular formula is C22H18N2O2. The van der Waals surface area contributed by atoms with E-state index in [4.69, 9.17) is 4.74 Å². The Labute approximate surface area is 151 Å². The van der Waals surface area contributed by atoms with Gasteiger partial charge in [-0.2, -0.15) is 0 Å². The number of hydrogen-bond donors (Lipinski definition) is 0. The summed E-state index contributed by atoms with van der Waals surface area (Å²) >= 11 is 0. The van der Waals surface area contributed by atoms with E-state index in [0.717, 1.165) is 32.7 Å². The van der Waals surface area contributed by atoms with Crippen molar-refractivity contribution in [2.75, 3.05) is 6.61 Å². The van der Waals surface area contributed by atoms with Gasteiger partial charge < -0.3 is 4.74 Å². The lowest BCUT2D eigenvalue weighted by atomic mass is 9.89. The molecule has 2 aromatic heterocycles. The van der Waals surface area contributed by atoms with E-state index in [9.17, 15) is 4.79 Å². The van der Waals surface area contributed by atoms with Crippen LogP contribution in [0, 0.1) is 0 Å². The zero-order chi connectivity index (χ0) is 17.9. The van der Waals surface area contributed by atoms with Crippen molar-refractivity contribution in [3.05, 3.63) is 84.4 Å². The van der Waals surface area contributed by atoms with Crippen LogP contribution in [0.2, 0.25) is 0 Å².